The lowest BCUT2D eigenvalue weighted by molar-refractivity contribution is -0.137. The molecule has 0 unspecified atom stereocenters. The van der Waals surface area contributed by atoms with Crippen LogP contribution in [0.3, 0.4) is 0 Å². The summed E-state index contributed by atoms with van der Waals surface area (Å²) >= 11 is 0. The van der Waals surface area contributed by atoms with E-state index in [1.54, 1.807) is 18.3 Å². The number of hydrogen-bond donors (Lipinski definition) is 1. The summed E-state index contributed by atoms with van der Waals surface area (Å²) in [5.74, 6) is 0.144. The molecule has 0 aliphatic rings. The first-order valence-corrected chi connectivity index (χ1v) is 8.76. The largest absolute Gasteiger partial charge is 0.451 e. The fourth-order valence-corrected chi connectivity index (χ4v) is 2.82. The Morgan fingerprint density at radius 2 is 2.00 bits per heavy atom. The van der Waals surface area contributed by atoms with Crippen molar-refractivity contribution in [3.63, 3.8) is 0 Å². The van der Waals surface area contributed by atoms with Crippen molar-refractivity contribution in [3.8, 4) is 17.1 Å². The molecule has 10 heteroatoms. The van der Waals surface area contributed by atoms with Gasteiger partial charge < -0.3 is 9.73 Å². The van der Waals surface area contributed by atoms with E-state index in [0.717, 1.165) is 12.1 Å². The number of pyridine rings is 1. The molecular weight excluding hydrogens is 399 g/mol. The van der Waals surface area contributed by atoms with E-state index < -0.39 is 17.6 Å². The van der Waals surface area contributed by atoms with E-state index in [0.29, 0.717) is 11.4 Å². The van der Waals surface area contributed by atoms with E-state index in [4.69, 9.17) is 4.42 Å². The number of rotatable bonds is 5. The molecular formula is C20H14F3N5O2. The molecule has 3 heterocycles. The highest BCUT2D eigenvalue weighted by Crippen LogP contribution is 2.32. The summed E-state index contributed by atoms with van der Waals surface area (Å²) in [6, 6.07) is 11.1. The minimum atomic E-state index is -4.46. The molecule has 0 saturated carbocycles. The van der Waals surface area contributed by atoms with Crippen LogP contribution in [0.5, 0.6) is 0 Å². The van der Waals surface area contributed by atoms with Crippen LogP contribution in [0.4, 0.5) is 13.2 Å². The van der Waals surface area contributed by atoms with Crippen molar-refractivity contribution in [1.82, 2.24) is 25.1 Å². The van der Waals surface area contributed by atoms with Crippen molar-refractivity contribution in [3.05, 3.63) is 84.3 Å². The Labute approximate surface area is 168 Å². The smallest absolute Gasteiger partial charge is 0.416 e. The van der Waals surface area contributed by atoms with Crippen molar-refractivity contribution in [2.45, 2.75) is 12.7 Å². The third kappa shape index (κ3) is 4.07. The van der Waals surface area contributed by atoms with Gasteiger partial charge in [-0.15, -0.1) is 0 Å². The zero-order valence-corrected chi connectivity index (χ0v) is 15.3. The Morgan fingerprint density at radius 3 is 2.77 bits per heavy atom. The van der Waals surface area contributed by atoms with Crippen molar-refractivity contribution < 1.29 is 22.4 Å². The first-order chi connectivity index (χ1) is 14.4. The summed E-state index contributed by atoms with van der Waals surface area (Å²) in [5.41, 5.74) is 0.130. The molecule has 3 aromatic heterocycles. The van der Waals surface area contributed by atoms with E-state index in [1.807, 2.05) is 0 Å². The molecule has 4 rings (SSSR count). The Morgan fingerprint density at radius 1 is 1.13 bits per heavy atom. The Kier molecular flexibility index (Phi) is 5.05. The van der Waals surface area contributed by atoms with Gasteiger partial charge in [-0.3, -0.25) is 4.79 Å². The molecule has 30 heavy (non-hydrogen) atoms. The molecule has 1 N–H and O–H groups in total. The number of alkyl halides is 3. The average Bonchev–Trinajstić information content (AvgIpc) is 3.44. The van der Waals surface area contributed by atoms with Gasteiger partial charge in [0.05, 0.1) is 5.56 Å². The second-order valence-corrected chi connectivity index (χ2v) is 6.25. The van der Waals surface area contributed by atoms with Gasteiger partial charge in [-0.25, -0.2) is 14.6 Å². The van der Waals surface area contributed by atoms with Gasteiger partial charge in [0.1, 0.15) is 18.4 Å². The monoisotopic (exact) mass is 413 g/mol. The zero-order valence-electron chi connectivity index (χ0n) is 15.3. The summed E-state index contributed by atoms with van der Waals surface area (Å²) in [5, 5.41) is 6.73. The molecule has 0 fully saturated rings. The van der Waals surface area contributed by atoms with E-state index in [9.17, 15) is 18.0 Å². The fraction of sp³-hybridized carbons (Fsp3) is 0.100. The third-order valence-electron chi connectivity index (χ3n) is 4.25. The number of nitrogens with one attached hydrogen (secondary N) is 1. The molecule has 1 amide bonds. The maximum Gasteiger partial charge on any atom is 0.416 e. The van der Waals surface area contributed by atoms with Crippen LogP contribution in [0.2, 0.25) is 0 Å². The number of aromatic nitrogens is 4. The lowest BCUT2D eigenvalue weighted by Crippen LogP contribution is -2.23. The molecule has 0 radical (unpaired) electrons. The maximum absolute atomic E-state index is 12.9. The minimum Gasteiger partial charge on any atom is -0.451 e. The second kappa shape index (κ2) is 7.82. The number of furan rings is 1. The summed E-state index contributed by atoms with van der Waals surface area (Å²) in [4.78, 5) is 20.6. The van der Waals surface area contributed by atoms with Gasteiger partial charge in [0.2, 0.25) is 0 Å². The highest BCUT2D eigenvalue weighted by atomic mass is 19.4. The van der Waals surface area contributed by atoms with Gasteiger partial charge in [-0.2, -0.15) is 18.3 Å². The van der Waals surface area contributed by atoms with Crippen LogP contribution < -0.4 is 5.32 Å². The summed E-state index contributed by atoms with van der Waals surface area (Å²) < 4.78 is 45.6. The SMILES string of the molecule is O=C(NCc1cccnc1-n1cncn1)c1ccc(-c2cccc(C(F)(F)F)c2)o1. The Balaban J connectivity index is 1.49. The molecule has 0 atom stereocenters. The average molecular weight is 413 g/mol. The minimum absolute atomic E-state index is 0.0198. The first-order valence-electron chi connectivity index (χ1n) is 8.76. The molecule has 0 bridgehead atoms. The number of nitrogens with zero attached hydrogens (tertiary/aromatic N) is 4. The highest BCUT2D eigenvalue weighted by molar-refractivity contribution is 5.92. The van der Waals surface area contributed by atoms with Crippen molar-refractivity contribution in [2.24, 2.45) is 0 Å². The molecule has 0 aliphatic carbocycles. The maximum atomic E-state index is 12.9. The predicted octanol–water partition coefficient (Wildman–Crippen LogP) is 3.87. The van der Waals surface area contributed by atoms with Gasteiger partial charge in [0.15, 0.2) is 11.6 Å². The van der Waals surface area contributed by atoms with Crippen molar-refractivity contribution in [2.75, 3.05) is 0 Å². The van der Waals surface area contributed by atoms with Crippen molar-refractivity contribution >= 4 is 5.91 Å². The molecule has 0 aliphatic heterocycles. The number of benzene rings is 1. The molecule has 0 saturated heterocycles. The fourth-order valence-electron chi connectivity index (χ4n) is 2.82. The quantitative estimate of drug-likeness (QED) is 0.537. The number of hydrogen-bond acceptors (Lipinski definition) is 5. The lowest BCUT2D eigenvalue weighted by atomic mass is 10.1. The van der Waals surface area contributed by atoms with Crippen LogP contribution in [0.25, 0.3) is 17.1 Å². The number of halogens is 3. The van der Waals surface area contributed by atoms with E-state index >= 15 is 0 Å². The number of carbonyl (C=O) groups excluding carboxylic acids is 1. The Hall–Kier alpha value is -3.95. The van der Waals surface area contributed by atoms with Gasteiger partial charge in [0.25, 0.3) is 5.91 Å². The van der Waals surface area contributed by atoms with E-state index in [1.165, 1.54) is 41.6 Å². The van der Waals surface area contributed by atoms with Crippen LogP contribution in [-0.2, 0) is 12.7 Å². The predicted molar refractivity (Wildman–Crippen MR) is 99.5 cm³/mol. The standard InChI is InChI=1S/C20H14F3N5O2/c21-20(22,23)15-5-1-3-13(9-15)16-6-7-17(30-16)19(29)26-10-14-4-2-8-25-18(14)28-12-24-11-27-28/h1-9,11-12H,10H2,(H,26,29). The summed E-state index contributed by atoms with van der Waals surface area (Å²) in [7, 11) is 0. The third-order valence-corrected chi connectivity index (χ3v) is 4.25. The summed E-state index contributed by atoms with van der Waals surface area (Å²) in [6.07, 6.45) is -0.0126. The molecule has 4 aromatic rings. The van der Waals surface area contributed by atoms with Gasteiger partial charge in [-0.1, -0.05) is 18.2 Å². The van der Waals surface area contributed by atoms with Crippen LogP contribution in [0.1, 0.15) is 21.7 Å². The number of carbonyl (C=O) groups is 1. The highest BCUT2D eigenvalue weighted by Gasteiger charge is 2.30. The molecule has 0 spiro atoms. The summed E-state index contributed by atoms with van der Waals surface area (Å²) in [6.45, 7) is 0.140. The topological polar surface area (TPSA) is 85.8 Å². The van der Waals surface area contributed by atoms with Gasteiger partial charge >= 0.3 is 6.18 Å². The van der Waals surface area contributed by atoms with Gasteiger partial charge in [0, 0.05) is 23.9 Å². The van der Waals surface area contributed by atoms with Crippen molar-refractivity contribution in [1.29, 1.82) is 0 Å². The van der Waals surface area contributed by atoms with Crippen LogP contribution in [0, 0.1) is 0 Å². The van der Waals surface area contributed by atoms with Crippen LogP contribution >= 0.6 is 0 Å². The van der Waals surface area contributed by atoms with Gasteiger partial charge in [-0.05, 0) is 30.3 Å². The molecule has 152 valence electrons. The Bertz CT molecular complexity index is 1170. The van der Waals surface area contributed by atoms with Crippen LogP contribution in [0.15, 0.2) is 71.8 Å². The first kappa shape index (κ1) is 19.4. The molecule has 1 aromatic carbocycles. The van der Waals surface area contributed by atoms with E-state index in [2.05, 4.69) is 20.4 Å². The van der Waals surface area contributed by atoms with Crippen LogP contribution in [-0.4, -0.2) is 25.7 Å². The zero-order chi connectivity index (χ0) is 21.1. The number of amides is 1. The molecule has 7 nitrogen and oxygen atoms in total. The normalized spacial score (nSPS) is 11.4. The second-order valence-electron chi connectivity index (χ2n) is 6.25. The lowest BCUT2D eigenvalue weighted by Gasteiger charge is -2.08. The van der Waals surface area contributed by atoms with E-state index in [-0.39, 0.29) is 23.6 Å².